The third kappa shape index (κ3) is 5.71. The van der Waals surface area contributed by atoms with Crippen LogP contribution in [0.5, 0.6) is 0 Å². The average molecular weight is 307 g/mol. The minimum absolute atomic E-state index is 0.441. The fourth-order valence-corrected chi connectivity index (χ4v) is 3.33. The van der Waals surface area contributed by atoms with Gasteiger partial charge in [0.15, 0.2) is 0 Å². The molecule has 0 bridgehead atoms. The van der Waals surface area contributed by atoms with Crippen molar-refractivity contribution in [1.82, 2.24) is 9.80 Å². The van der Waals surface area contributed by atoms with Crippen molar-refractivity contribution in [3.8, 4) is 0 Å². The Morgan fingerprint density at radius 1 is 1.12 bits per heavy atom. The summed E-state index contributed by atoms with van der Waals surface area (Å²) >= 11 is 3.71. The van der Waals surface area contributed by atoms with Crippen LogP contribution in [-0.2, 0) is 0 Å². The molecule has 0 saturated carbocycles. The molecule has 0 spiro atoms. The lowest BCUT2D eigenvalue weighted by Gasteiger charge is -2.39. The van der Waals surface area contributed by atoms with Crippen LogP contribution in [0.2, 0.25) is 0 Å². The smallest absolute Gasteiger partial charge is 0.0194 e. The largest absolute Gasteiger partial charge is 0.308 e. The minimum atomic E-state index is 0.441. The van der Waals surface area contributed by atoms with Crippen LogP contribution in [0.25, 0.3) is 0 Å². The fraction of sp³-hybridized carbons (Fsp3) is 1.00. The van der Waals surface area contributed by atoms with E-state index in [9.17, 15) is 0 Å². The molecule has 0 fully saturated rings. The average Bonchev–Trinajstić information content (AvgIpc) is 2.31. The van der Waals surface area contributed by atoms with E-state index >= 15 is 0 Å². The molecule has 0 aliphatic rings. The molecule has 1 atom stereocenters. The summed E-state index contributed by atoms with van der Waals surface area (Å²) in [4.78, 5) is 4.90. The number of hydrogen-bond donors (Lipinski definition) is 0. The van der Waals surface area contributed by atoms with E-state index in [0.717, 1.165) is 18.4 Å². The molecule has 0 saturated heterocycles. The van der Waals surface area contributed by atoms with Gasteiger partial charge in [0, 0.05) is 24.5 Å². The van der Waals surface area contributed by atoms with Crippen LogP contribution in [0.4, 0.5) is 0 Å². The van der Waals surface area contributed by atoms with E-state index in [2.05, 4.69) is 67.5 Å². The van der Waals surface area contributed by atoms with Gasteiger partial charge in [0.25, 0.3) is 0 Å². The van der Waals surface area contributed by atoms with E-state index < -0.39 is 0 Å². The normalized spacial score (nSPS) is 14.6. The van der Waals surface area contributed by atoms with Crippen molar-refractivity contribution < 1.29 is 0 Å². The lowest BCUT2D eigenvalue weighted by atomic mass is 9.83. The van der Waals surface area contributed by atoms with Gasteiger partial charge in [-0.05, 0) is 45.8 Å². The highest BCUT2D eigenvalue weighted by Crippen LogP contribution is 2.30. The Balaban J connectivity index is 4.55. The van der Waals surface area contributed by atoms with Gasteiger partial charge < -0.3 is 4.90 Å². The zero-order valence-corrected chi connectivity index (χ0v) is 14.2. The SMILES string of the molecule is CCN(CC(CC)(CC)CBr)C(C)CN(C)C. The third-order valence-corrected chi connectivity index (χ3v) is 5.17. The fourth-order valence-electron chi connectivity index (χ4n) is 2.36. The first-order valence-electron chi connectivity index (χ1n) is 6.89. The topological polar surface area (TPSA) is 6.48 Å². The highest BCUT2D eigenvalue weighted by Gasteiger charge is 2.28. The predicted octanol–water partition coefficient (Wildman–Crippen LogP) is 3.46. The first-order chi connectivity index (χ1) is 7.94. The Kier molecular flexibility index (Phi) is 8.69. The molecule has 0 radical (unpaired) electrons. The Morgan fingerprint density at radius 2 is 1.65 bits per heavy atom. The van der Waals surface area contributed by atoms with Gasteiger partial charge in [-0.25, -0.2) is 0 Å². The Hall–Kier alpha value is 0.400. The number of hydrogen-bond acceptors (Lipinski definition) is 2. The maximum atomic E-state index is 3.71. The second-order valence-electron chi connectivity index (χ2n) is 5.52. The number of alkyl halides is 1. The number of halogens is 1. The predicted molar refractivity (Wildman–Crippen MR) is 82.1 cm³/mol. The molecule has 1 unspecified atom stereocenters. The molecule has 0 aliphatic carbocycles. The Morgan fingerprint density at radius 3 is 1.94 bits per heavy atom. The van der Waals surface area contributed by atoms with Crippen molar-refractivity contribution in [2.75, 3.05) is 39.1 Å². The molecule has 0 rings (SSSR count). The van der Waals surface area contributed by atoms with Gasteiger partial charge in [0.05, 0.1) is 0 Å². The molecule has 0 N–H and O–H groups in total. The molecule has 104 valence electrons. The minimum Gasteiger partial charge on any atom is -0.308 e. The van der Waals surface area contributed by atoms with Crippen LogP contribution in [0, 0.1) is 5.41 Å². The molecule has 2 nitrogen and oxygen atoms in total. The lowest BCUT2D eigenvalue weighted by molar-refractivity contribution is 0.112. The van der Waals surface area contributed by atoms with Crippen molar-refractivity contribution in [3.63, 3.8) is 0 Å². The summed E-state index contributed by atoms with van der Waals surface area (Å²) in [5.74, 6) is 0. The molecule has 0 heterocycles. The summed E-state index contributed by atoms with van der Waals surface area (Å²) in [5.41, 5.74) is 0.441. The first-order valence-corrected chi connectivity index (χ1v) is 8.01. The zero-order valence-electron chi connectivity index (χ0n) is 12.6. The Bertz CT molecular complexity index is 182. The van der Waals surface area contributed by atoms with Crippen molar-refractivity contribution in [2.45, 2.75) is 46.6 Å². The molecule has 17 heavy (non-hydrogen) atoms. The second kappa shape index (κ2) is 8.49. The quantitative estimate of drug-likeness (QED) is 0.602. The van der Waals surface area contributed by atoms with Crippen molar-refractivity contribution in [1.29, 1.82) is 0 Å². The zero-order chi connectivity index (χ0) is 13.5. The molecular weight excluding hydrogens is 276 g/mol. The molecule has 3 heteroatoms. The number of likely N-dealkylation sites (N-methyl/N-ethyl adjacent to an activating group) is 2. The van der Waals surface area contributed by atoms with Crippen molar-refractivity contribution in [3.05, 3.63) is 0 Å². The highest BCUT2D eigenvalue weighted by molar-refractivity contribution is 9.09. The van der Waals surface area contributed by atoms with Crippen LogP contribution in [0.1, 0.15) is 40.5 Å². The molecule has 0 aliphatic heterocycles. The van der Waals surface area contributed by atoms with Gasteiger partial charge in [-0.2, -0.15) is 0 Å². The summed E-state index contributed by atoms with van der Waals surface area (Å²) < 4.78 is 0. The summed E-state index contributed by atoms with van der Waals surface area (Å²) in [7, 11) is 4.31. The van der Waals surface area contributed by atoms with Crippen LogP contribution in [-0.4, -0.2) is 54.9 Å². The molecule has 0 aromatic heterocycles. The van der Waals surface area contributed by atoms with E-state index in [0.29, 0.717) is 11.5 Å². The van der Waals surface area contributed by atoms with Gasteiger partial charge in [-0.15, -0.1) is 0 Å². The molecule has 0 amide bonds. The van der Waals surface area contributed by atoms with Crippen molar-refractivity contribution >= 4 is 15.9 Å². The van der Waals surface area contributed by atoms with Gasteiger partial charge in [0.1, 0.15) is 0 Å². The van der Waals surface area contributed by atoms with Crippen LogP contribution < -0.4 is 0 Å². The van der Waals surface area contributed by atoms with E-state index in [4.69, 9.17) is 0 Å². The maximum absolute atomic E-state index is 3.71. The first kappa shape index (κ1) is 17.4. The van der Waals surface area contributed by atoms with Crippen molar-refractivity contribution in [2.24, 2.45) is 5.41 Å². The van der Waals surface area contributed by atoms with E-state index in [-0.39, 0.29) is 0 Å². The van der Waals surface area contributed by atoms with Crippen LogP contribution >= 0.6 is 15.9 Å². The summed E-state index contributed by atoms with van der Waals surface area (Å²) in [6.07, 6.45) is 2.50. The summed E-state index contributed by atoms with van der Waals surface area (Å²) in [5, 5.41) is 1.11. The molecular formula is C14H31BrN2. The van der Waals surface area contributed by atoms with Crippen LogP contribution in [0.3, 0.4) is 0 Å². The summed E-state index contributed by atoms with van der Waals surface area (Å²) in [6, 6.07) is 0.631. The summed E-state index contributed by atoms with van der Waals surface area (Å²) in [6.45, 7) is 12.7. The molecule has 0 aromatic carbocycles. The number of nitrogens with zero attached hydrogens (tertiary/aromatic N) is 2. The van der Waals surface area contributed by atoms with Gasteiger partial charge >= 0.3 is 0 Å². The van der Waals surface area contributed by atoms with Crippen LogP contribution in [0.15, 0.2) is 0 Å². The van der Waals surface area contributed by atoms with E-state index in [1.807, 2.05) is 0 Å². The second-order valence-corrected chi connectivity index (χ2v) is 6.08. The van der Waals surface area contributed by atoms with Gasteiger partial charge in [0.2, 0.25) is 0 Å². The third-order valence-electron chi connectivity index (χ3n) is 3.98. The maximum Gasteiger partial charge on any atom is 0.0194 e. The lowest BCUT2D eigenvalue weighted by Crippen LogP contribution is -2.46. The van der Waals surface area contributed by atoms with E-state index in [1.165, 1.54) is 19.4 Å². The Labute approximate surface area is 117 Å². The highest BCUT2D eigenvalue weighted by atomic mass is 79.9. The standard InChI is InChI=1S/C14H31BrN2/c1-7-14(8-2,11-15)12-17(9-3)13(4)10-16(5)6/h13H,7-12H2,1-6H3. The van der Waals surface area contributed by atoms with Gasteiger partial charge in [-0.1, -0.05) is 36.7 Å². The monoisotopic (exact) mass is 306 g/mol. The molecule has 0 aromatic rings. The van der Waals surface area contributed by atoms with Gasteiger partial charge in [-0.3, -0.25) is 4.90 Å². The number of rotatable bonds is 9. The van der Waals surface area contributed by atoms with E-state index in [1.54, 1.807) is 0 Å².